The van der Waals surface area contributed by atoms with Crippen molar-refractivity contribution >= 4 is 7.82 Å². The first-order valence-corrected chi connectivity index (χ1v) is 2.19. The van der Waals surface area contributed by atoms with Gasteiger partial charge in [-0.05, 0) is 0 Å². The van der Waals surface area contributed by atoms with Crippen LogP contribution in [0.3, 0.4) is 0 Å². The van der Waals surface area contributed by atoms with Gasteiger partial charge in [0.2, 0.25) is 0 Å². The third-order valence-corrected chi connectivity index (χ3v) is 0. The standard InChI is InChI=1S/Ni.H3O4P.Ti/c;1-5(2,3)4;/h;(H3,1,2,3,4);/q+2;;+2/p-3. The van der Waals surface area contributed by atoms with E-state index in [1.54, 1.807) is 0 Å². The van der Waals surface area contributed by atoms with Crippen LogP contribution < -0.4 is 14.7 Å². The average Bonchev–Trinajstić information content (AvgIpc) is 0.722. The summed E-state index contributed by atoms with van der Waals surface area (Å²) in [6.45, 7) is 0. The van der Waals surface area contributed by atoms with Crippen LogP contribution in [0.1, 0.15) is 0 Å². The van der Waals surface area contributed by atoms with Crippen LogP contribution in [-0.4, -0.2) is 0 Å². The monoisotopic (exact) mass is 201 g/mol. The van der Waals surface area contributed by atoms with Crippen molar-refractivity contribution in [1.29, 1.82) is 0 Å². The molecule has 0 unspecified atom stereocenters. The molecular weight excluding hydrogens is 202 g/mol. The molecular formula is NiO4PTi+. The Balaban J connectivity index is -0.0000000800. The molecule has 0 saturated carbocycles. The van der Waals surface area contributed by atoms with Crippen molar-refractivity contribution in [3.8, 4) is 0 Å². The smallest absolute Gasteiger partial charge is 0.822 e. The molecule has 0 aromatic heterocycles. The second-order valence-corrected chi connectivity index (χ2v) is 1.34. The molecule has 0 saturated heterocycles. The summed E-state index contributed by atoms with van der Waals surface area (Å²) in [6, 6.07) is 0. The molecule has 0 aromatic carbocycles. The molecule has 0 aliphatic heterocycles. The van der Waals surface area contributed by atoms with E-state index in [4.69, 9.17) is 19.2 Å². The van der Waals surface area contributed by atoms with Gasteiger partial charge in [-0.3, -0.25) is 0 Å². The maximum Gasteiger partial charge on any atom is 2.00 e. The van der Waals surface area contributed by atoms with Crippen LogP contribution in [-0.2, 0) is 42.8 Å². The summed E-state index contributed by atoms with van der Waals surface area (Å²) >= 11 is 0. The largest absolute Gasteiger partial charge is 2.00 e. The van der Waals surface area contributed by atoms with Gasteiger partial charge >= 0.3 is 38.2 Å². The summed E-state index contributed by atoms with van der Waals surface area (Å²) in [7, 11) is -5.39. The summed E-state index contributed by atoms with van der Waals surface area (Å²) in [5.41, 5.74) is 0. The minimum absolute atomic E-state index is 0. The predicted molar refractivity (Wildman–Crippen MR) is 7.61 cm³/mol. The fraction of sp³-hybridized carbons (Fsp3) is 0. The molecule has 0 radical (unpaired) electrons. The Morgan fingerprint density at radius 1 is 1.14 bits per heavy atom. The number of phosphoric acid groups is 1. The van der Waals surface area contributed by atoms with E-state index in [1.807, 2.05) is 0 Å². The second-order valence-electron chi connectivity index (χ2n) is 0.447. The number of hydrogen-bond donors (Lipinski definition) is 0. The van der Waals surface area contributed by atoms with E-state index >= 15 is 0 Å². The van der Waals surface area contributed by atoms with Gasteiger partial charge in [0.05, 0.1) is 0 Å². The quantitative estimate of drug-likeness (QED) is 0.312. The van der Waals surface area contributed by atoms with Gasteiger partial charge in [-0.25, -0.2) is 0 Å². The zero-order valence-corrected chi connectivity index (χ0v) is 6.34. The summed E-state index contributed by atoms with van der Waals surface area (Å²) in [5, 5.41) is 0. The molecule has 0 aliphatic carbocycles. The molecule has 0 amide bonds. The Bertz CT molecular complexity index is 57.8. The van der Waals surface area contributed by atoms with Crippen LogP contribution in [0.25, 0.3) is 0 Å². The molecule has 0 atom stereocenters. The molecule has 4 nitrogen and oxygen atoms in total. The van der Waals surface area contributed by atoms with Crippen LogP contribution in [0.4, 0.5) is 0 Å². The molecule has 42 valence electrons. The Hall–Kier alpha value is 1.32. The van der Waals surface area contributed by atoms with E-state index in [0.29, 0.717) is 0 Å². The molecule has 7 heteroatoms. The van der Waals surface area contributed by atoms with Gasteiger partial charge < -0.3 is 19.2 Å². The van der Waals surface area contributed by atoms with Gasteiger partial charge in [-0.1, -0.05) is 0 Å². The zero-order chi connectivity index (χ0) is 4.50. The van der Waals surface area contributed by atoms with Crippen LogP contribution >= 0.6 is 7.82 Å². The molecule has 0 fully saturated rings. The molecule has 0 spiro atoms. The fourth-order valence-electron chi connectivity index (χ4n) is 0. The molecule has 0 bridgehead atoms. The van der Waals surface area contributed by atoms with E-state index < -0.39 is 7.82 Å². The number of rotatable bonds is 0. The summed E-state index contributed by atoms with van der Waals surface area (Å²) in [5.74, 6) is 0. The minimum atomic E-state index is -5.39. The van der Waals surface area contributed by atoms with E-state index in [2.05, 4.69) is 0 Å². The van der Waals surface area contributed by atoms with Crippen molar-refractivity contribution in [2.45, 2.75) is 0 Å². The first kappa shape index (κ1) is 15.8. The van der Waals surface area contributed by atoms with Crippen LogP contribution in [0.2, 0.25) is 0 Å². The third kappa shape index (κ3) is 119. The first-order valence-electron chi connectivity index (χ1n) is 0.730. The fourth-order valence-corrected chi connectivity index (χ4v) is 0. The SMILES string of the molecule is O=P([O-])([O-])[O-].[Ni+2].[Ti+2]. The van der Waals surface area contributed by atoms with E-state index in [1.165, 1.54) is 0 Å². The van der Waals surface area contributed by atoms with E-state index in [0.717, 1.165) is 0 Å². The predicted octanol–water partition coefficient (Wildman–Crippen LogP) is -2.83. The summed E-state index contributed by atoms with van der Waals surface area (Å²) in [6.07, 6.45) is 0. The van der Waals surface area contributed by atoms with Gasteiger partial charge in [0, 0.05) is 0 Å². The first-order chi connectivity index (χ1) is 2.00. The van der Waals surface area contributed by atoms with Gasteiger partial charge in [0.1, 0.15) is 0 Å². The average molecular weight is 202 g/mol. The van der Waals surface area contributed by atoms with Gasteiger partial charge in [-0.15, -0.1) is 0 Å². The second kappa shape index (κ2) is 5.45. The zero-order valence-electron chi connectivity index (χ0n) is 2.90. The van der Waals surface area contributed by atoms with Gasteiger partial charge in [0.25, 0.3) is 0 Å². The summed E-state index contributed by atoms with van der Waals surface area (Å²) in [4.78, 5) is 25.6. The normalized spacial score (nSPS) is 8.43. The van der Waals surface area contributed by atoms with Crippen molar-refractivity contribution in [2.24, 2.45) is 0 Å². The molecule has 0 rings (SSSR count). The number of hydrogen-bond acceptors (Lipinski definition) is 4. The third-order valence-electron chi connectivity index (χ3n) is 0. The molecule has 7 heavy (non-hydrogen) atoms. The van der Waals surface area contributed by atoms with Crippen molar-refractivity contribution in [3.63, 3.8) is 0 Å². The maximum absolute atomic E-state index is 8.55. The molecule has 0 N–H and O–H groups in total. The minimum Gasteiger partial charge on any atom is -0.822 e. The Kier molecular flexibility index (Phi) is 12.3. The Morgan fingerprint density at radius 3 is 1.14 bits per heavy atom. The molecule has 0 aliphatic rings. The Morgan fingerprint density at radius 2 is 1.14 bits per heavy atom. The van der Waals surface area contributed by atoms with Crippen molar-refractivity contribution in [3.05, 3.63) is 0 Å². The van der Waals surface area contributed by atoms with Gasteiger partial charge in [0.15, 0.2) is 0 Å². The van der Waals surface area contributed by atoms with Crippen LogP contribution in [0.15, 0.2) is 0 Å². The van der Waals surface area contributed by atoms with Gasteiger partial charge in [-0.2, -0.15) is 7.82 Å². The molecule has 0 heterocycles. The van der Waals surface area contributed by atoms with Crippen LogP contribution in [0, 0.1) is 0 Å². The molecule has 0 aromatic rings. The topological polar surface area (TPSA) is 86.2 Å². The van der Waals surface area contributed by atoms with Crippen LogP contribution in [0.5, 0.6) is 0 Å². The van der Waals surface area contributed by atoms with Crippen molar-refractivity contribution in [1.82, 2.24) is 0 Å². The summed E-state index contributed by atoms with van der Waals surface area (Å²) < 4.78 is 8.55. The Labute approximate surface area is 65.4 Å². The van der Waals surface area contributed by atoms with Crippen molar-refractivity contribution in [2.75, 3.05) is 0 Å². The van der Waals surface area contributed by atoms with E-state index in [-0.39, 0.29) is 38.2 Å². The van der Waals surface area contributed by atoms with E-state index in [9.17, 15) is 0 Å². The maximum atomic E-state index is 8.55. The van der Waals surface area contributed by atoms with Crippen molar-refractivity contribution < 1.29 is 57.5 Å².